The lowest BCUT2D eigenvalue weighted by Gasteiger charge is -2.37. The summed E-state index contributed by atoms with van der Waals surface area (Å²) in [6.45, 7) is 5.12. The van der Waals surface area contributed by atoms with Gasteiger partial charge in [-0.15, -0.1) is 0 Å². The zero-order chi connectivity index (χ0) is 28.6. The predicted octanol–water partition coefficient (Wildman–Crippen LogP) is 4.21. The van der Waals surface area contributed by atoms with Crippen molar-refractivity contribution in [3.63, 3.8) is 0 Å². The number of benzene rings is 2. The fourth-order valence-corrected chi connectivity index (χ4v) is 5.53. The number of halogens is 4. The topological polar surface area (TPSA) is 79.7 Å². The Bertz CT molecular complexity index is 1450. The summed E-state index contributed by atoms with van der Waals surface area (Å²) in [7, 11) is 1.05. The van der Waals surface area contributed by atoms with Crippen LogP contribution in [-0.4, -0.2) is 77.5 Å². The van der Waals surface area contributed by atoms with E-state index in [1.165, 1.54) is 6.20 Å². The van der Waals surface area contributed by atoms with Gasteiger partial charge in [0.15, 0.2) is 17.4 Å². The van der Waals surface area contributed by atoms with E-state index >= 15 is 0 Å². The molecule has 3 aromatic rings. The van der Waals surface area contributed by atoms with E-state index in [9.17, 15) is 22.8 Å². The van der Waals surface area contributed by atoms with Gasteiger partial charge in [-0.1, -0.05) is 11.6 Å². The van der Waals surface area contributed by atoms with Crippen molar-refractivity contribution < 1.29 is 27.5 Å². The Morgan fingerprint density at radius 3 is 2.35 bits per heavy atom. The van der Waals surface area contributed by atoms with Crippen molar-refractivity contribution in [1.82, 2.24) is 24.7 Å². The largest absolute Gasteiger partial charge is 0.491 e. The first-order valence-electron chi connectivity index (χ1n) is 13.1. The van der Waals surface area contributed by atoms with E-state index in [4.69, 9.17) is 11.6 Å². The monoisotopic (exact) mass is 575 g/mol. The number of nitrogens with zero attached hydrogens (tertiary/aromatic N) is 4. The molecule has 2 saturated heterocycles. The zero-order valence-corrected chi connectivity index (χ0v) is 22.9. The Morgan fingerprint density at radius 2 is 1.70 bits per heavy atom. The lowest BCUT2D eigenvalue weighted by molar-refractivity contribution is -0.137. The molecule has 1 aromatic heterocycles. The maximum Gasteiger partial charge on any atom is 0.255 e. The Kier molecular flexibility index (Phi) is 8.04. The minimum Gasteiger partial charge on any atom is -0.491 e. The minimum atomic E-state index is -1.44. The molecule has 40 heavy (non-hydrogen) atoms. The second-order valence-corrected chi connectivity index (χ2v) is 10.3. The molecular weight excluding hydrogens is 547 g/mol. The number of hydrogen-bond donors (Lipinski definition) is 1. The van der Waals surface area contributed by atoms with Gasteiger partial charge in [-0.05, 0) is 57.1 Å². The summed E-state index contributed by atoms with van der Waals surface area (Å²) in [4.78, 5) is 33.9. The molecular formula is C28H29ClF3N5O3. The van der Waals surface area contributed by atoms with Crippen molar-refractivity contribution in [2.75, 3.05) is 46.4 Å². The number of piperidine rings is 1. The van der Waals surface area contributed by atoms with Crippen molar-refractivity contribution >= 4 is 23.4 Å². The van der Waals surface area contributed by atoms with Crippen LogP contribution < -0.4 is 10.1 Å². The molecule has 2 aliphatic rings. The van der Waals surface area contributed by atoms with Gasteiger partial charge in [-0.3, -0.25) is 9.59 Å². The van der Waals surface area contributed by atoms with Crippen LogP contribution in [0.2, 0.25) is 5.02 Å². The average molecular weight is 576 g/mol. The van der Waals surface area contributed by atoms with Crippen molar-refractivity contribution in [3.8, 4) is 22.7 Å². The maximum absolute atomic E-state index is 14.6. The third kappa shape index (κ3) is 5.27. The molecule has 0 atom stereocenters. The zero-order valence-electron chi connectivity index (χ0n) is 22.1. The number of imidazole rings is 1. The van der Waals surface area contributed by atoms with Gasteiger partial charge in [0.2, 0.25) is 11.7 Å². The average Bonchev–Trinajstić information content (AvgIpc) is 3.36. The van der Waals surface area contributed by atoms with E-state index in [1.807, 2.05) is 4.90 Å². The number of ether oxygens (including phenoxy) is 1. The number of nitrogens with one attached hydrogen (secondary N) is 1. The fourth-order valence-electron chi connectivity index (χ4n) is 5.27. The van der Waals surface area contributed by atoms with Crippen molar-refractivity contribution in [1.29, 1.82) is 0 Å². The molecule has 0 unspecified atom stereocenters. The van der Waals surface area contributed by atoms with Gasteiger partial charge >= 0.3 is 0 Å². The van der Waals surface area contributed by atoms with Gasteiger partial charge in [0.05, 0.1) is 23.4 Å². The van der Waals surface area contributed by atoms with Gasteiger partial charge in [-0.2, -0.15) is 4.39 Å². The Labute approximate surface area is 234 Å². The van der Waals surface area contributed by atoms with Gasteiger partial charge in [-0.25, -0.2) is 13.8 Å². The molecule has 0 aliphatic carbocycles. The second-order valence-electron chi connectivity index (χ2n) is 9.92. The molecule has 3 heterocycles. The van der Waals surface area contributed by atoms with Crippen molar-refractivity contribution in [2.24, 2.45) is 5.92 Å². The molecule has 2 aliphatic heterocycles. The smallest absolute Gasteiger partial charge is 0.255 e. The molecule has 2 amide bonds. The molecule has 2 aromatic carbocycles. The summed E-state index contributed by atoms with van der Waals surface area (Å²) in [5.74, 6) is -4.20. The van der Waals surface area contributed by atoms with E-state index in [2.05, 4.69) is 15.0 Å². The lowest BCUT2D eigenvalue weighted by Crippen LogP contribution is -2.52. The standard InChI is InChI=1S/C28H29ClF3N5O3/c1-16-34-23(20-14-22(30)26(40-2)25(32)24(20)31)15-37(16)18-3-4-19(21(29)13-18)28(39)36-11-9-35(10-12-36)27(38)17-5-7-33-8-6-17/h3-4,13-15,17,33H,5-12H2,1-2H3. The normalized spacial score (nSPS) is 16.4. The second kappa shape index (κ2) is 11.5. The SMILES string of the molecule is COc1c(F)cc(-c2cn(-c3ccc(C(=O)N4CCN(C(=O)C5CCNCC5)CC4)c(Cl)c3)c(C)n2)c(F)c1F. The van der Waals surface area contributed by atoms with Gasteiger partial charge in [0, 0.05) is 49.5 Å². The number of carbonyl (C=O) groups is 2. The summed E-state index contributed by atoms with van der Waals surface area (Å²) in [5, 5.41) is 3.47. The fraction of sp³-hybridized carbons (Fsp3) is 0.393. The van der Waals surface area contributed by atoms with Crippen LogP contribution in [0.5, 0.6) is 5.75 Å². The summed E-state index contributed by atoms with van der Waals surface area (Å²) >= 11 is 6.53. The first-order valence-corrected chi connectivity index (χ1v) is 13.4. The molecule has 0 saturated carbocycles. The number of amides is 2. The van der Waals surface area contributed by atoms with Gasteiger partial charge in [0.1, 0.15) is 5.82 Å². The highest BCUT2D eigenvalue weighted by Gasteiger charge is 2.30. The molecule has 0 radical (unpaired) electrons. The van der Waals surface area contributed by atoms with E-state index < -0.39 is 23.2 Å². The molecule has 1 N–H and O–H groups in total. The number of hydrogen-bond acceptors (Lipinski definition) is 5. The molecule has 2 fully saturated rings. The molecule has 212 valence electrons. The highest BCUT2D eigenvalue weighted by Crippen LogP contribution is 2.33. The third-order valence-corrected chi connectivity index (χ3v) is 7.82. The van der Waals surface area contributed by atoms with E-state index in [1.54, 1.807) is 34.6 Å². The van der Waals surface area contributed by atoms with Crippen molar-refractivity contribution in [2.45, 2.75) is 19.8 Å². The molecule has 5 rings (SSSR count). The number of piperazine rings is 1. The molecule has 0 spiro atoms. The van der Waals surface area contributed by atoms with Crippen LogP contribution in [0.3, 0.4) is 0 Å². The highest BCUT2D eigenvalue weighted by atomic mass is 35.5. The summed E-state index contributed by atoms with van der Waals surface area (Å²) in [6.07, 6.45) is 3.10. The molecule has 0 bridgehead atoms. The summed E-state index contributed by atoms with van der Waals surface area (Å²) in [6, 6.07) is 5.67. The highest BCUT2D eigenvalue weighted by molar-refractivity contribution is 6.34. The van der Waals surface area contributed by atoms with E-state index in [0.29, 0.717) is 43.3 Å². The predicted molar refractivity (Wildman–Crippen MR) is 143 cm³/mol. The van der Waals surface area contributed by atoms with Gasteiger partial charge in [0.25, 0.3) is 5.91 Å². The quantitative estimate of drug-likeness (QED) is 0.461. The molecule has 12 heteroatoms. The molecule has 8 nitrogen and oxygen atoms in total. The van der Waals surface area contributed by atoms with Crippen LogP contribution in [0.1, 0.15) is 29.0 Å². The van der Waals surface area contributed by atoms with Crippen LogP contribution in [0.25, 0.3) is 16.9 Å². The first-order chi connectivity index (χ1) is 19.2. The van der Waals surface area contributed by atoms with E-state index in [0.717, 1.165) is 39.1 Å². The third-order valence-electron chi connectivity index (χ3n) is 7.51. The Morgan fingerprint density at radius 1 is 1.02 bits per heavy atom. The number of aromatic nitrogens is 2. The Balaban J connectivity index is 1.30. The lowest BCUT2D eigenvalue weighted by atomic mass is 9.96. The summed E-state index contributed by atoms with van der Waals surface area (Å²) < 4.78 is 49.3. The van der Waals surface area contributed by atoms with Crippen LogP contribution in [-0.2, 0) is 4.79 Å². The number of carbonyl (C=O) groups excluding carboxylic acids is 2. The first kappa shape index (κ1) is 28.0. The minimum absolute atomic E-state index is 0.0173. The van der Waals surface area contributed by atoms with Crippen LogP contribution in [0.4, 0.5) is 13.2 Å². The van der Waals surface area contributed by atoms with Crippen LogP contribution in [0, 0.1) is 30.3 Å². The van der Waals surface area contributed by atoms with Crippen LogP contribution >= 0.6 is 11.6 Å². The number of aryl methyl sites for hydroxylation is 1. The van der Waals surface area contributed by atoms with Crippen LogP contribution in [0.15, 0.2) is 30.5 Å². The van der Waals surface area contributed by atoms with Crippen molar-refractivity contribution in [3.05, 3.63) is 64.3 Å². The Hall–Kier alpha value is -3.57. The van der Waals surface area contributed by atoms with Gasteiger partial charge < -0.3 is 24.4 Å². The number of rotatable bonds is 5. The van der Waals surface area contributed by atoms with E-state index in [-0.39, 0.29) is 34.0 Å². The summed E-state index contributed by atoms with van der Waals surface area (Å²) in [5.41, 5.74) is 0.508. The maximum atomic E-state index is 14.6. The number of methoxy groups -OCH3 is 1.